The topological polar surface area (TPSA) is 18.5 Å². The van der Waals surface area contributed by atoms with Crippen LogP contribution in [0.3, 0.4) is 0 Å². The lowest BCUT2D eigenvalue weighted by Crippen LogP contribution is -2.47. The zero-order chi connectivity index (χ0) is 48.7. The lowest BCUT2D eigenvalue weighted by atomic mass is 9.80. The Morgan fingerprint density at radius 3 is 1.10 bits per heavy atom. The van der Waals surface area contributed by atoms with Crippen molar-refractivity contribution in [2.45, 2.75) is 156 Å². The summed E-state index contributed by atoms with van der Waals surface area (Å²) in [6.07, 6.45) is 8.58. The first-order chi connectivity index (χ1) is 33.3. The summed E-state index contributed by atoms with van der Waals surface area (Å²) in [5, 5.41) is 0. The highest BCUT2D eigenvalue weighted by Gasteiger charge is 2.45. The molecule has 7 aromatic rings. The van der Waals surface area contributed by atoms with E-state index in [2.05, 4.69) is 221 Å². The fourth-order valence-electron chi connectivity index (χ4n) is 12.1. The second-order valence-corrected chi connectivity index (χ2v) is 26.8. The lowest BCUT2D eigenvalue weighted by Gasteiger charge is -2.42. The minimum atomic E-state index is -1.86. The third kappa shape index (κ3) is 11.0. The second-order valence-electron chi connectivity index (χ2n) is 21.3. The first-order valence-electron chi connectivity index (χ1n) is 26.1. The molecule has 0 aliphatic heterocycles. The van der Waals surface area contributed by atoms with Crippen molar-refractivity contribution in [3.63, 3.8) is 0 Å². The van der Waals surface area contributed by atoms with Crippen LogP contribution in [0.5, 0.6) is 0 Å². The fourth-order valence-corrected chi connectivity index (χ4v) is 17.5. The van der Waals surface area contributed by atoms with Gasteiger partial charge in [-0.2, -0.15) is 0 Å². The summed E-state index contributed by atoms with van der Waals surface area (Å²) in [4.78, 5) is 0. The average Bonchev–Trinajstić information content (AvgIpc) is 3.33. The van der Waals surface area contributed by atoms with Gasteiger partial charge in [0.25, 0.3) is 0 Å². The number of hydrogen-bond acceptors (Lipinski definition) is 2. The summed E-state index contributed by atoms with van der Waals surface area (Å²) >= 11 is 0. The monoisotopic (exact) mass is 931 g/mol. The van der Waals surface area contributed by atoms with Gasteiger partial charge in [-0.15, -0.1) is 0 Å². The molecule has 0 heterocycles. The molecule has 0 atom stereocenters. The Hall–Kier alpha value is -5.32. The second kappa shape index (κ2) is 22.2. The van der Waals surface area contributed by atoms with Crippen LogP contribution in [0.15, 0.2) is 152 Å². The van der Waals surface area contributed by atoms with Crippen LogP contribution in [-0.2, 0) is 79.3 Å². The fraction of sp³-hybridized carbons (Fsp3) is 0.364. The van der Waals surface area contributed by atoms with Crippen molar-refractivity contribution in [2.75, 3.05) is 0 Å². The van der Waals surface area contributed by atoms with Crippen LogP contribution in [-0.4, -0.2) is 8.32 Å². The number of aryl methyl sites for hydroxylation is 12. The molecule has 0 saturated carbocycles. The molecule has 8 bridgehead atoms. The van der Waals surface area contributed by atoms with Gasteiger partial charge in [-0.1, -0.05) is 193 Å². The highest BCUT2D eigenvalue weighted by atomic mass is 28.4. The molecule has 3 heteroatoms. The van der Waals surface area contributed by atoms with Crippen LogP contribution in [0.25, 0.3) is 0 Å². The van der Waals surface area contributed by atoms with Crippen LogP contribution >= 0.6 is 0 Å². The molecule has 0 unspecified atom stereocenters. The van der Waals surface area contributed by atoms with E-state index < -0.39 is 13.9 Å². The SMILES string of the molecule is Cc1cc2c(COC(c3ccccc3)(c3ccccc3)c3ccccc3)cc1CCc1ccc(c(C)c1)CC2.Cc1cc2c(CO[Si](C(C)C)(C(C)C)C(C)C)cc1CCc1ccc(c(C)c1)CC2. The van der Waals surface area contributed by atoms with E-state index in [9.17, 15) is 0 Å². The Morgan fingerprint density at radius 1 is 0.377 bits per heavy atom. The highest BCUT2D eigenvalue weighted by molar-refractivity contribution is 6.77. The van der Waals surface area contributed by atoms with Crippen LogP contribution in [0, 0.1) is 27.7 Å². The first-order valence-corrected chi connectivity index (χ1v) is 28.3. The van der Waals surface area contributed by atoms with Crippen LogP contribution in [0.1, 0.15) is 136 Å². The van der Waals surface area contributed by atoms with E-state index in [-0.39, 0.29) is 0 Å². The normalized spacial score (nSPS) is 13.8. The van der Waals surface area contributed by atoms with E-state index in [0.29, 0.717) is 23.2 Å². The van der Waals surface area contributed by atoms with Crippen LogP contribution in [0.4, 0.5) is 0 Å². The standard InChI is InChI=1S/C38H36O.C28H42OSi/c1-28-24-30-18-20-31(28)22-23-33-25-29(2)32(21-19-30)26-34(33)27-39-38(35-12-6-3-7-13-35,36-14-8-4-9-15-36)37-16-10-5-11-17-37;1-19(2)30(20(3)4,21(5)6)29-18-28-17-26-12-10-24-9-11-25(22(7)15-24)13-14-27(28)16-23(26)8/h3-18,20,24-26H,19,21-23,27H2,1-2H3;9,11,15-17,19-21H,10,12-14,18H2,1-8H3. The molecule has 0 N–H and O–H groups in total. The maximum atomic E-state index is 7.25. The third-order valence-electron chi connectivity index (χ3n) is 16.0. The van der Waals surface area contributed by atoms with Gasteiger partial charge in [0.2, 0.25) is 8.32 Å². The van der Waals surface area contributed by atoms with Crippen molar-refractivity contribution in [3.05, 3.63) is 246 Å². The van der Waals surface area contributed by atoms with E-state index >= 15 is 0 Å². The smallest absolute Gasteiger partial charge is 0.200 e. The van der Waals surface area contributed by atoms with Gasteiger partial charge in [0.1, 0.15) is 5.60 Å². The van der Waals surface area contributed by atoms with Crippen molar-refractivity contribution in [3.8, 4) is 0 Å². The summed E-state index contributed by atoms with van der Waals surface area (Å²) in [5.74, 6) is 0. The molecule has 0 aromatic heterocycles. The summed E-state index contributed by atoms with van der Waals surface area (Å²) in [7, 11) is -1.86. The molecule has 7 aromatic carbocycles. The number of ether oxygens (including phenoxy) is 1. The van der Waals surface area contributed by atoms with E-state index in [4.69, 9.17) is 9.16 Å². The predicted octanol–water partition coefficient (Wildman–Crippen LogP) is 16.6. The summed E-state index contributed by atoms with van der Waals surface area (Å²) in [5.41, 5.74) is 24.6. The molecule has 0 saturated heterocycles. The molecule has 69 heavy (non-hydrogen) atoms. The molecule has 8 aliphatic carbocycles. The third-order valence-corrected chi connectivity index (χ3v) is 22.1. The largest absolute Gasteiger partial charge is 0.412 e. The Kier molecular flexibility index (Phi) is 16.1. The average molecular weight is 931 g/mol. The highest BCUT2D eigenvalue weighted by Crippen LogP contribution is 2.44. The van der Waals surface area contributed by atoms with Gasteiger partial charge in [-0.25, -0.2) is 0 Å². The van der Waals surface area contributed by atoms with Gasteiger partial charge < -0.3 is 9.16 Å². The molecule has 358 valence electrons. The molecule has 0 spiro atoms. The van der Waals surface area contributed by atoms with Gasteiger partial charge in [-0.05, 0) is 190 Å². The van der Waals surface area contributed by atoms with E-state index in [0.717, 1.165) is 74.7 Å². The summed E-state index contributed by atoms with van der Waals surface area (Å²) in [6, 6.07) is 56.0. The Morgan fingerprint density at radius 2 is 0.725 bits per heavy atom. The zero-order valence-electron chi connectivity index (χ0n) is 43.6. The number of rotatable bonds is 12. The van der Waals surface area contributed by atoms with Gasteiger partial charge >= 0.3 is 0 Å². The Balaban J connectivity index is 0.000000193. The van der Waals surface area contributed by atoms with Gasteiger partial charge in [0.05, 0.1) is 13.2 Å². The van der Waals surface area contributed by atoms with Gasteiger partial charge in [0.15, 0.2) is 0 Å². The maximum Gasteiger partial charge on any atom is 0.200 e. The van der Waals surface area contributed by atoms with E-state index in [1.165, 1.54) is 77.9 Å². The molecular formula is C66H78O2Si. The number of hydrogen-bond donors (Lipinski definition) is 0. The summed E-state index contributed by atoms with van der Waals surface area (Å²) in [6.45, 7) is 24.7. The minimum Gasteiger partial charge on any atom is -0.412 e. The van der Waals surface area contributed by atoms with E-state index in [1.54, 1.807) is 0 Å². The van der Waals surface area contributed by atoms with Gasteiger partial charge in [0, 0.05) is 0 Å². The zero-order valence-corrected chi connectivity index (χ0v) is 44.6. The molecule has 8 aliphatic rings. The van der Waals surface area contributed by atoms with Crippen molar-refractivity contribution in [1.82, 2.24) is 0 Å². The van der Waals surface area contributed by atoms with Crippen molar-refractivity contribution < 1.29 is 9.16 Å². The Labute approximate surface area is 417 Å². The lowest BCUT2D eigenvalue weighted by molar-refractivity contribution is -0.000110. The minimum absolute atomic E-state index is 0.540. The number of benzene rings is 7. The van der Waals surface area contributed by atoms with Crippen LogP contribution in [0.2, 0.25) is 16.6 Å². The predicted molar refractivity (Wildman–Crippen MR) is 294 cm³/mol. The molecular weight excluding hydrogens is 853 g/mol. The first kappa shape index (κ1) is 50.1. The van der Waals surface area contributed by atoms with Crippen molar-refractivity contribution in [2.24, 2.45) is 0 Å². The van der Waals surface area contributed by atoms with Crippen molar-refractivity contribution >= 4 is 8.32 Å². The molecule has 0 radical (unpaired) electrons. The molecule has 2 nitrogen and oxygen atoms in total. The van der Waals surface area contributed by atoms with Crippen LogP contribution < -0.4 is 0 Å². The van der Waals surface area contributed by atoms with Crippen molar-refractivity contribution in [1.29, 1.82) is 0 Å². The van der Waals surface area contributed by atoms with E-state index in [1.807, 2.05) is 0 Å². The quantitative estimate of drug-likeness (QED) is 0.0898. The molecule has 0 amide bonds. The maximum absolute atomic E-state index is 7.25. The van der Waals surface area contributed by atoms with Gasteiger partial charge in [-0.3, -0.25) is 0 Å². The Bertz CT molecular complexity index is 2680. The molecule has 15 rings (SSSR count). The summed E-state index contributed by atoms with van der Waals surface area (Å²) < 4.78 is 14.3. The molecule has 0 fully saturated rings.